The van der Waals surface area contributed by atoms with Gasteiger partial charge in [-0.05, 0) is 20.8 Å². The van der Waals surface area contributed by atoms with Crippen molar-refractivity contribution in [2.45, 2.75) is 26.4 Å². The van der Waals surface area contributed by atoms with Crippen LogP contribution < -0.4 is 8.87 Å². The first-order valence-electron chi connectivity index (χ1n) is 6.36. The van der Waals surface area contributed by atoms with E-state index in [1.165, 1.54) is 12.4 Å². The predicted molar refractivity (Wildman–Crippen MR) is 79.3 cm³/mol. The molecule has 0 radical (unpaired) electrons. The largest absolute Gasteiger partial charge is 0.477 e. The van der Waals surface area contributed by atoms with Crippen molar-refractivity contribution < 1.29 is 21.9 Å². The van der Waals surface area contributed by atoms with Crippen LogP contribution in [0.4, 0.5) is 10.5 Å². The average molecular weight is 316 g/mol. The molecule has 21 heavy (non-hydrogen) atoms. The zero-order valence-corrected chi connectivity index (χ0v) is 14.0. The zero-order valence-electron chi connectivity index (χ0n) is 13.2. The molecule has 0 aromatic carbocycles. The molecule has 0 unspecified atom stereocenters. The summed E-state index contributed by atoms with van der Waals surface area (Å²) in [4.78, 5) is 13.7. The van der Waals surface area contributed by atoms with E-state index in [0.29, 0.717) is 4.31 Å². The van der Waals surface area contributed by atoms with Gasteiger partial charge in [0.25, 0.3) is 0 Å². The zero-order chi connectivity index (χ0) is 16.4. The number of hydrogen-bond acceptors (Lipinski definition) is 5. The van der Waals surface area contributed by atoms with E-state index < -0.39 is 21.9 Å². The molecule has 1 amide bonds. The predicted octanol–water partition coefficient (Wildman–Crippen LogP) is 1.000. The maximum Gasteiger partial charge on any atom is 0.477 e. The highest BCUT2D eigenvalue weighted by Gasteiger charge is 2.35. The van der Waals surface area contributed by atoms with Gasteiger partial charge in [-0.2, -0.15) is 4.31 Å². The molecule has 1 aromatic rings. The van der Waals surface area contributed by atoms with E-state index >= 15 is 0 Å². The number of carbonyl (C=O) groups excluding carboxylic acids is 1. The summed E-state index contributed by atoms with van der Waals surface area (Å²) < 4.78 is 31.2. The SMILES string of the molecule is CN(C)c1cc[n+](S(=O)(=O)N(C)C(=O)OC(C)(C)C)cc1. The third-order valence-corrected chi connectivity index (χ3v) is 4.18. The molecule has 0 saturated carbocycles. The monoisotopic (exact) mass is 316 g/mol. The van der Waals surface area contributed by atoms with Gasteiger partial charge in [0.15, 0.2) is 12.4 Å². The lowest BCUT2D eigenvalue weighted by Crippen LogP contribution is -2.53. The highest BCUT2D eigenvalue weighted by molar-refractivity contribution is 7.83. The van der Waals surface area contributed by atoms with Crippen LogP contribution in [0.1, 0.15) is 20.8 Å². The van der Waals surface area contributed by atoms with E-state index in [-0.39, 0.29) is 0 Å². The number of hydrogen-bond donors (Lipinski definition) is 0. The number of amides is 1. The summed E-state index contributed by atoms with van der Waals surface area (Å²) in [5, 5.41) is 0. The second kappa shape index (κ2) is 5.88. The number of pyridine rings is 1. The molecule has 0 aliphatic carbocycles. The van der Waals surface area contributed by atoms with Crippen LogP contribution >= 0.6 is 0 Å². The topological polar surface area (TPSA) is 70.8 Å². The van der Waals surface area contributed by atoms with E-state index in [2.05, 4.69) is 0 Å². The fourth-order valence-corrected chi connectivity index (χ4v) is 2.36. The summed E-state index contributed by atoms with van der Waals surface area (Å²) in [5.41, 5.74) is 0.0849. The van der Waals surface area contributed by atoms with Crippen molar-refractivity contribution in [3.8, 4) is 0 Å². The maximum atomic E-state index is 12.3. The van der Waals surface area contributed by atoms with Gasteiger partial charge < -0.3 is 9.64 Å². The number of anilines is 1. The van der Waals surface area contributed by atoms with E-state index in [1.807, 2.05) is 19.0 Å². The Hall–Kier alpha value is -1.83. The fraction of sp³-hybridized carbons (Fsp3) is 0.538. The number of ether oxygens (including phenoxy) is 1. The second-order valence-electron chi connectivity index (χ2n) is 5.74. The molecular formula is C13H22N3O4S+. The van der Waals surface area contributed by atoms with E-state index in [0.717, 1.165) is 16.7 Å². The van der Waals surface area contributed by atoms with Crippen molar-refractivity contribution >= 4 is 22.0 Å². The summed E-state index contributed by atoms with van der Waals surface area (Å²) in [6, 6.07) is 3.28. The molecule has 0 spiro atoms. The molecule has 118 valence electrons. The molecule has 0 saturated heterocycles. The summed E-state index contributed by atoms with van der Waals surface area (Å²) in [6.45, 7) is 5.01. The number of aromatic nitrogens is 1. The first kappa shape index (κ1) is 17.2. The standard InChI is InChI=1S/C13H22N3O4S/c1-13(2,3)20-12(17)15(6)21(18,19)16-9-7-11(8-10-16)14(4)5/h7-10H,1-6H3/q+1. The molecule has 0 aliphatic rings. The van der Waals surface area contributed by atoms with Gasteiger partial charge in [0.05, 0.1) is 0 Å². The van der Waals surface area contributed by atoms with Crippen molar-refractivity contribution in [1.82, 2.24) is 4.31 Å². The second-order valence-corrected chi connectivity index (χ2v) is 7.60. The van der Waals surface area contributed by atoms with Gasteiger partial charge in [-0.1, -0.05) is 3.97 Å². The Labute approximate surface area is 125 Å². The molecule has 0 N–H and O–H groups in total. The molecule has 8 heteroatoms. The number of nitrogens with zero attached hydrogens (tertiary/aromatic N) is 3. The molecule has 0 bridgehead atoms. The van der Waals surface area contributed by atoms with Gasteiger partial charge in [-0.25, -0.2) is 4.79 Å². The normalized spacial score (nSPS) is 11.9. The van der Waals surface area contributed by atoms with Crippen LogP contribution in [-0.4, -0.2) is 45.6 Å². The summed E-state index contributed by atoms with van der Waals surface area (Å²) in [5.74, 6) is 0. The quantitative estimate of drug-likeness (QED) is 0.778. The van der Waals surface area contributed by atoms with Crippen LogP contribution in [-0.2, 0) is 14.9 Å². The van der Waals surface area contributed by atoms with Crippen molar-refractivity contribution in [1.29, 1.82) is 0 Å². The Morgan fingerprint density at radius 3 is 2.00 bits per heavy atom. The number of rotatable bonds is 3. The van der Waals surface area contributed by atoms with Crippen LogP contribution in [0.3, 0.4) is 0 Å². The first-order chi connectivity index (χ1) is 9.45. The van der Waals surface area contributed by atoms with Crippen LogP contribution in [0.15, 0.2) is 24.5 Å². The van der Waals surface area contributed by atoms with Crippen LogP contribution in [0.5, 0.6) is 0 Å². The Bertz CT molecular complexity index is 603. The van der Waals surface area contributed by atoms with Gasteiger partial charge in [0, 0.05) is 39.0 Å². The molecule has 0 atom stereocenters. The minimum absolute atomic E-state index is 0.577. The Morgan fingerprint density at radius 1 is 1.14 bits per heavy atom. The third kappa shape index (κ3) is 4.32. The van der Waals surface area contributed by atoms with Gasteiger partial charge in [-0.3, -0.25) is 0 Å². The van der Waals surface area contributed by atoms with Crippen molar-refractivity contribution in [2.24, 2.45) is 0 Å². The van der Waals surface area contributed by atoms with E-state index in [1.54, 1.807) is 32.9 Å². The average Bonchev–Trinajstić information content (AvgIpc) is 2.35. The lowest BCUT2D eigenvalue weighted by molar-refractivity contribution is -0.515. The van der Waals surface area contributed by atoms with Gasteiger partial charge in [0.1, 0.15) is 5.60 Å². The first-order valence-corrected chi connectivity index (χ1v) is 7.76. The van der Waals surface area contributed by atoms with E-state index in [4.69, 9.17) is 4.74 Å². The Balaban J connectivity index is 3.02. The smallest absolute Gasteiger partial charge is 0.443 e. The molecule has 1 heterocycles. The van der Waals surface area contributed by atoms with Crippen molar-refractivity contribution in [3.63, 3.8) is 0 Å². The van der Waals surface area contributed by atoms with Crippen LogP contribution in [0.2, 0.25) is 0 Å². The molecule has 7 nitrogen and oxygen atoms in total. The summed E-state index contributed by atoms with van der Waals surface area (Å²) >= 11 is 0. The highest BCUT2D eigenvalue weighted by Crippen LogP contribution is 2.11. The summed E-state index contributed by atoms with van der Waals surface area (Å²) in [7, 11) is 0.863. The molecule has 0 fully saturated rings. The van der Waals surface area contributed by atoms with Gasteiger partial charge >= 0.3 is 16.3 Å². The Kier molecular flexibility index (Phi) is 4.83. The van der Waals surface area contributed by atoms with Crippen molar-refractivity contribution in [2.75, 3.05) is 26.0 Å². The third-order valence-electron chi connectivity index (χ3n) is 2.56. The molecule has 1 rings (SSSR count). The van der Waals surface area contributed by atoms with E-state index in [9.17, 15) is 13.2 Å². The molecule has 1 aromatic heterocycles. The maximum absolute atomic E-state index is 12.3. The Morgan fingerprint density at radius 2 is 1.62 bits per heavy atom. The van der Waals surface area contributed by atoms with Crippen LogP contribution in [0.25, 0.3) is 0 Å². The minimum Gasteiger partial charge on any atom is -0.443 e. The molecular weight excluding hydrogens is 294 g/mol. The lowest BCUT2D eigenvalue weighted by atomic mass is 10.2. The van der Waals surface area contributed by atoms with Crippen LogP contribution in [0, 0.1) is 0 Å². The van der Waals surface area contributed by atoms with Gasteiger partial charge in [0.2, 0.25) is 0 Å². The lowest BCUT2D eigenvalue weighted by Gasteiger charge is -2.22. The molecule has 0 aliphatic heterocycles. The highest BCUT2D eigenvalue weighted by atomic mass is 32.2. The number of carbonyl (C=O) groups is 1. The van der Waals surface area contributed by atoms with Crippen molar-refractivity contribution in [3.05, 3.63) is 24.5 Å². The fourth-order valence-electron chi connectivity index (χ4n) is 1.42. The summed E-state index contributed by atoms with van der Waals surface area (Å²) in [6.07, 6.45) is 1.84. The van der Waals surface area contributed by atoms with Gasteiger partial charge in [-0.15, -0.1) is 8.42 Å². The minimum atomic E-state index is -4.00.